The lowest BCUT2D eigenvalue weighted by Gasteiger charge is -2.16. The van der Waals surface area contributed by atoms with Gasteiger partial charge in [-0.1, -0.05) is 28.9 Å². The Morgan fingerprint density at radius 3 is 2.45 bits per heavy atom. The van der Waals surface area contributed by atoms with Gasteiger partial charge in [0.15, 0.2) is 5.82 Å². The van der Waals surface area contributed by atoms with Gasteiger partial charge in [0.2, 0.25) is 0 Å². The summed E-state index contributed by atoms with van der Waals surface area (Å²) in [4.78, 5) is 27.3. The van der Waals surface area contributed by atoms with Crippen LogP contribution in [0.4, 0.5) is 10.5 Å². The van der Waals surface area contributed by atoms with Crippen molar-refractivity contribution in [2.75, 3.05) is 12.4 Å². The van der Waals surface area contributed by atoms with Crippen molar-refractivity contribution in [1.29, 1.82) is 0 Å². The Balaban J connectivity index is 1.77. The van der Waals surface area contributed by atoms with Crippen molar-refractivity contribution >= 4 is 29.3 Å². The lowest BCUT2D eigenvalue weighted by molar-refractivity contribution is 0.0643. The van der Waals surface area contributed by atoms with Gasteiger partial charge in [0.05, 0.1) is 13.2 Å². The Hall–Kier alpha value is -3.59. The van der Waals surface area contributed by atoms with Gasteiger partial charge in [0, 0.05) is 17.1 Å². The molecule has 1 atom stereocenters. The lowest BCUT2D eigenvalue weighted by Crippen LogP contribution is -2.34. The third-order valence-electron chi connectivity index (χ3n) is 3.94. The molecule has 1 heterocycles. The van der Waals surface area contributed by atoms with Gasteiger partial charge in [-0.2, -0.15) is 4.98 Å². The normalized spacial score (nSPS) is 11.5. The first-order valence-corrected chi connectivity index (χ1v) is 8.85. The fraction of sp³-hybridized carbons (Fsp3) is 0.158. The number of ether oxygens (including phenoxy) is 1. The lowest BCUT2D eigenvalue weighted by atomic mass is 10.1. The summed E-state index contributed by atoms with van der Waals surface area (Å²) in [5.41, 5.74) is 1.39. The summed E-state index contributed by atoms with van der Waals surface area (Å²) in [7, 11) is 1.56. The number of carboxylic acids is 1. The molecule has 9 nitrogen and oxygen atoms in total. The van der Waals surface area contributed by atoms with Crippen molar-refractivity contribution < 1.29 is 24.0 Å². The zero-order valence-corrected chi connectivity index (χ0v) is 16.0. The van der Waals surface area contributed by atoms with Gasteiger partial charge in [-0.3, -0.25) is 0 Å². The third kappa shape index (κ3) is 5.45. The van der Waals surface area contributed by atoms with E-state index in [0.29, 0.717) is 22.9 Å². The quantitative estimate of drug-likeness (QED) is 0.537. The topological polar surface area (TPSA) is 127 Å². The average molecular weight is 417 g/mol. The molecule has 0 radical (unpaired) electrons. The summed E-state index contributed by atoms with van der Waals surface area (Å²) in [5.74, 6) is -1.17. The molecule has 150 valence electrons. The molecule has 0 saturated heterocycles. The highest BCUT2D eigenvalue weighted by molar-refractivity contribution is 6.30. The van der Waals surface area contributed by atoms with Crippen LogP contribution in [-0.2, 0) is 6.42 Å². The van der Waals surface area contributed by atoms with Crippen LogP contribution in [0.1, 0.15) is 28.1 Å². The molecule has 0 aliphatic heterocycles. The fourth-order valence-corrected chi connectivity index (χ4v) is 2.65. The van der Waals surface area contributed by atoms with E-state index in [0.717, 1.165) is 5.56 Å². The van der Waals surface area contributed by atoms with Gasteiger partial charge in [0.25, 0.3) is 0 Å². The van der Waals surface area contributed by atoms with Crippen LogP contribution in [0.25, 0.3) is 0 Å². The van der Waals surface area contributed by atoms with E-state index in [1.165, 1.54) is 0 Å². The van der Waals surface area contributed by atoms with Crippen molar-refractivity contribution in [2.45, 2.75) is 12.5 Å². The van der Waals surface area contributed by atoms with Gasteiger partial charge >= 0.3 is 17.9 Å². The summed E-state index contributed by atoms with van der Waals surface area (Å²) in [6.07, 6.45) is 0.302. The second-order valence-corrected chi connectivity index (χ2v) is 6.41. The number of hydrogen-bond donors (Lipinski definition) is 3. The number of carboxylic acid groups (broad SMARTS) is 1. The first kappa shape index (κ1) is 20.2. The van der Waals surface area contributed by atoms with Crippen LogP contribution in [0.5, 0.6) is 5.75 Å². The van der Waals surface area contributed by atoms with Gasteiger partial charge in [-0.25, -0.2) is 9.59 Å². The third-order valence-corrected chi connectivity index (χ3v) is 4.19. The molecule has 2 amide bonds. The number of rotatable bonds is 7. The zero-order valence-electron chi connectivity index (χ0n) is 15.3. The summed E-state index contributed by atoms with van der Waals surface area (Å²) in [5, 5.41) is 18.6. The second kappa shape index (κ2) is 9.07. The van der Waals surface area contributed by atoms with Crippen molar-refractivity contribution in [1.82, 2.24) is 15.5 Å². The summed E-state index contributed by atoms with van der Waals surface area (Å²) in [6, 6.07) is 12.5. The van der Waals surface area contributed by atoms with E-state index in [1.807, 2.05) is 12.1 Å². The number of halogens is 1. The second-order valence-electron chi connectivity index (χ2n) is 5.97. The van der Waals surface area contributed by atoms with Crippen LogP contribution in [0, 0.1) is 0 Å². The van der Waals surface area contributed by atoms with Crippen molar-refractivity contribution in [3.8, 4) is 5.75 Å². The van der Waals surface area contributed by atoms with E-state index in [4.69, 9.17) is 26.0 Å². The number of aromatic carboxylic acids is 1. The number of nitrogens with zero attached hydrogens (tertiary/aromatic N) is 2. The molecule has 0 saturated carbocycles. The van der Waals surface area contributed by atoms with E-state index in [9.17, 15) is 9.59 Å². The Morgan fingerprint density at radius 1 is 1.17 bits per heavy atom. The largest absolute Gasteiger partial charge is 0.497 e. The van der Waals surface area contributed by atoms with Crippen LogP contribution < -0.4 is 15.4 Å². The van der Waals surface area contributed by atoms with Gasteiger partial charge in [0.1, 0.15) is 5.75 Å². The molecule has 0 bridgehead atoms. The molecule has 0 fully saturated rings. The van der Waals surface area contributed by atoms with Crippen LogP contribution in [0.15, 0.2) is 53.1 Å². The molecule has 3 rings (SSSR count). The van der Waals surface area contributed by atoms with E-state index >= 15 is 0 Å². The molecule has 3 N–H and O–H groups in total. The highest BCUT2D eigenvalue weighted by Gasteiger charge is 2.23. The molecular weight excluding hydrogens is 400 g/mol. The maximum atomic E-state index is 12.4. The molecule has 3 aromatic rings. The zero-order chi connectivity index (χ0) is 20.8. The minimum atomic E-state index is -1.35. The number of aromatic nitrogens is 2. The standard InChI is InChI=1S/C19H17ClN4O5/c1-28-14-8-2-11(3-9-14)10-15(16-23-17(18(25)26)29-24-16)22-19(27)21-13-6-4-12(20)5-7-13/h2-9,15H,10H2,1H3,(H,25,26)(H2,21,22,27). The van der Waals surface area contributed by atoms with Crippen LogP contribution in [-0.4, -0.2) is 34.4 Å². The number of urea groups is 1. The number of carbonyl (C=O) groups is 2. The average Bonchev–Trinajstić information content (AvgIpc) is 3.20. The number of carbonyl (C=O) groups excluding carboxylic acids is 1. The SMILES string of the molecule is COc1ccc(CC(NC(=O)Nc2ccc(Cl)cc2)c2noc(C(=O)O)n2)cc1. The molecule has 0 aliphatic rings. The number of methoxy groups -OCH3 is 1. The van der Waals surface area contributed by atoms with Crippen molar-refractivity contribution in [2.24, 2.45) is 0 Å². The number of amides is 2. The fourth-order valence-electron chi connectivity index (χ4n) is 2.53. The summed E-state index contributed by atoms with van der Waals surface area (Å²) >= 11 is 5.84. The van der Waals surface area contributed by atoms with E-state index < -0.39 is 23.9 Å². The maximum absolute atomic E-state index is 12.4. The molecule has 29 heavy (non-hydrogen) atoms. The molecule has 1 aromatic heterocycles. The predicted octanol–water partition coefficient (Wildman–Crippen LogP) is 3.54. The first-order chi connectivity index (χ1) is 13.9. The number of benzene rings is 2. The van der Waals surface area contributed by atoms with Gasteiger partial charge in [-0.05, 0) is 42.0 Å². The maximum Gasteiger partial charge on any atom is 0.394 e. The van der Waals surface area contributed by atoms with E-state index in [2.05, 4.69) is 20.8 Å². The molecule has 2 aromatic carbocycles. The Kier molecular flexibility index (Phi) is 6.30. The van der Waals surface area contributed by atoms with Crippen LogP contribution in [0.2, 0.25) is 5.02 Å². The monoisotopic (exact) mass is 416 g/mol. The smallest absolute Gasteiger partial charge is 0.394 e. The van der Waals surface area contributed by atoms with Crippen molar-refractivity contribution in [3.63, 3.8) is 0 Å². The molecule has 0 spiro atoms. The molecular formula is C19H17ClN4O5. The number of hydrogen-bond acceptors (Lipinski definition) is 6. The number of nitrogens with one attached hydrogen (secondary N) is 2. The minimum absolute atomic E-state index is 0.0458. The highest BCUT2D eigenvalue weighted by atomic mass is 35.5. The Morgan fingerprint density at radius 2 is 1.86 bits per heavy atom. The van der Waals surface area contributed by atoms with E-state index in [-0.39, 0.29) is 5.82 Å². The predicted molar refractivity (Wildman–Crippen MR) is 104 cm³/mol. The summed E-state index contributed by atoms with van der Waals surface area (Å²) in [6.45, 7) is 0. The van der Waals surface area contributed by atoms with Gasteiger partial charge < -0.3 is 25.0 Å². The number of anilines is 1. The van der Waals surface area contributed by atoms with Crippen LogP contribution in [0.3, 0.4) is 0 Å². The van der Waals surface area contributed by atoms with Gasteiger partial charge in [-0.15, -0.1) is 0 Å². The van der Waals surface area contributed by atoms with E-state index in [1.54, 1.807) is 43.5 Å². The summed E-state index contributed by atoms with van der Waals surface area (Å²) < 4.78 is 9.86. The molecule has 10 heteroatoms. The Labute approximate surface area is 170 Å². The molecule has 0 aliphatic carbocycles. The Bertz CT molecular complexity index is 989. The first-order valence-electron chi connectivity index (χ1n) is 8.47. The van der Waals surface area contributed by atoms with Crippen molar-refractivity contribution in [3.05, 3.63) is 70.8 Å². The highest BCUT2D eigenvalue weighted by Crippen LogP contribution is 2.20. The molecule has 1 unspecified atom stereocenters. The van der Waals surface area contributed by atoms with Crippen LogP contribution >= 0.6 is 11.6 Å². The minimum Gasteiger partial charge on any atom is -0.497 e.